The first-order valence-electron chi connectivity index (χ1n) is 5.43. The summed E-state index contributed by atoms with van der Waals surface area (Å²) in [4.78, 5) is 19.9. The minimum Gasteiger partial charge on any atom is -0.391 e. The monoisotopic (exact) mass is 223 g/mol. The summed E-state index contributed by atoms with van der Waals surface area (Å²) in [5, 5.41) is 0. The number of nitrogens with one attached hydrogen (secondary N) is 1. The van der Waals surface area contributed by atoms with Gasteiger partial charge in [0.2, 0.25) is 0 Å². The van der Waals surface area contributed by atoms with Crippen molar-refractivity contribution < 1.29 is 0 Å². The third kappa shape index (κ3) is 1.88. The number of aromatic nitrogens is 2. The van der Waals surface area contributed by atoms with Gasteiger partial charge in [-0.15, -0.1) is 0 Å². The van der Waals surface area contributed by atoms with E-state index in [0.717, 1.165) is 19.5 Å². The standard InChI is InChI=1S/C10H17N5O/c1-6(11)7-2-3-15(4-7)9-8(12)10(16)14-5-13-9/h5-7H,2-4,11-12H2,1H3,(H,13,14,16). The highest BCUT2D eigenvalue weighted by atomic mass is 16.1. The Morgan fingerprint density at radius 1 is 1.69 bits per heavy atom. The molecule has 2 heterocycles. The summed E-state index contributed by atoms with van der Waals surface area (Å²) in [5.74, 6) is 1.02. The molecule has 1 aliphatic heterocycles. The van der Waals surface area contributed by atoms with E-state index in [9.17, 15) is 4.79 Å². The number of rotatable bonds is 2. The second-order valence-electron chi connectivity index (χ2n) is 4.32. The van der Waals surface area contributed by atoms with Crippen LogP contribution in [0.3, 0.4) is 0 Å². The largest absolute Gasteiger partial charge is 0.391 e. The van der Waals surface area contributed by atoms with Crippen molar-refractivity contribution in [3.8, 4) is 0 Å². The third-order valence-corrected chi connectivity index (χ3v) is 3.14. The molecule has 0 saturated carbocycles. The third-order valence-electron chi connectivity index (χ3n) is 3.14. The topological polar surface area (TPSA) is 101 Å². The Hall–Kier alpha value is -1.56. The smallest absolute Gasteiger partial charge is 0.276 e. The summed E-state index contributed by atoms with van der Waals surface area (Å²) in [5.41, 5.74) is 11.5. The van der Waals surface area contributed by atoms with Gasteiger partial charge in [-0.25, -0.2) is 4.98 Å². The van der Waals surface area contributed by atoms with E-state index in [-0.39, 0.29) is 17.3 Å². The normalized spacial score (nSPS) is 22.4. The maximum Gasteiger partial charge on any atom is 0.276 e. The molecule has 1 fully saturated rings. The second-order valence-corrected chi connectivity index (χ2v) is 4.32. The molecule has 1 aliphatic rings. The van der Waals surface area contributed by atoms with Crippen LogP contribution in [0.25, 0.3) is 0 Å². The lowest BCUT2D eigenvalue weighted by Crippen LogP contribution is -2.31. The van der Waals surface area contributed by atoms with E-state index in [4.69, 9.17) is 11.5 Å². The molecule has 2 atom stereocenters. The van der Waals surface area contributed by atoms with E-state index in [2.05, 4.69) is 9.97 Å². The molecule has 6 nitrogen and oxygen atoms in total. The highest BCUT2D eigenvalue weighted by molar-refractivity contribution is 5.61. The zero-order valence-electron chi connectivity index (χ0n) is 9.31. The average molecular weight is 223 g/mol. The molecule has 16 heavy (non-hydrogen) atoms. The van der Waals surface area contributed by atoms with E-state index in [0.29, 0.717) is 11.7 Å². The first-order chi connectivity index (χ1) is 7.59. The number of anilines is 2. The fourth-order valence-corrected chi connectivity index (χ4v) is 2.06. The van der Waals surface area contributed by atoms with Crippen LogP contribution in [0.5, 0.6) is 0 Å². The minimum atomic E-state index is -0.283. The molecule has 0 amide bonds. The van der Waals surface area contributed by atoms with Gasteiger partial charge >= 0.3 is 0 Å². The molecular weight excluding hydrogens is 206 g/mol. The maximum absolute atomic E-state index is 11.3. The predicted molar refractivity (Wildman–Crippen MR) is 63.2 cm³/mol. The summed E-state index contributed by atoms with van der Waals surface area (Å²) >= 11 is 0. The summed E-state index contributed by atoms with van der Waals surface area (Å²) in [6.07, 6.45) is 2.40. The van der Waals surface area contributed by atoms with Crippen LogP contribution in [0.15, 0.2) is 11.1 Å². The van der Waals surface area contributed by atoms with Crippen LogP contribution in [0, 0.1) is 5.92 Å². The molecule has 1 saturated heterocycles. The molecule has 0 aliphatic carbocycles. The summed E-state index contributed by atoms with van der Waals surface area (Å²) in [7, 11) is 0. The Labute approximate surface area is 93.7 Å². The number of nitrogen functional groups attached to an aromatic ring is 1. The zero-order valence-corrected chi connectivity index (χ0v) is 9.31. The lowest BCUT2D eigenvalue weighted by molar-refractivity contribution is 0.488. The summed E-state index contributed by atoms with van der Waals surface area (Å²) in [6.45, 7) is 3.67. The molecule has 88 valence electrons. The summed E-state index contributed by atoms with van der Waals surface area (Å²) in [6, 6.07) is 0.160. The second kappa shape index (κ2) is 4.13. The molecule has 0 spiro atoms. The molecular formula is C10H17N5O. The molecule has 1 aromatic rings. The molecule has 5 N–H and O–H groups in total. The van der Waals surface area contributed by atoms with Crippen LogP contribution in [0.4, 0.5) is 11.5 Å². The number of nitrogens with zero attached hydrogens (tertiary/aromatic N) is 2. The Kier molecular flexibility index (Phi) is 2.82. The van der Waals surface area contributed by atoms with Gasteiger partial charge in [0.15, 0.2) is 5.82 Å². The van der Waals surface area contributed by atoms with Crippen molar-refractivity contribution in [2.75, 3.05) is 23.7 Å². The van der Waals surface area contributed by atoms with E-state index in [1.54, 1.807) is 0 Å². The number of nitrogens with two attached hydrogens (primary N) is 2. The highest BCUT2D eigenvalue weighted by Gasteiger charge is 2.27. The zero-order chi connectivity index (χ0) is 11.7. The van der Waals surface area contributed by atoms with Crippen molar-refractivity contribution >= 4 is 11.5 Å². The highest BCUT2D eigenvalue weighted by Crippen LogP contribution is 2.25. The van der Waals surface area contributed by atoms with E-state index in [1.807, 2.05) is 11.8 Å². The van der Waals surface area contributed by atoms with Crippen LogP contribution in [-0.2, 0) is 0 Å². The number of hydrogen-bond donors (Lipinski definition) is 3. The van der Waals surface area contributed by atoms with E-state index >= 15 is 0 Å². The Bertz CT molecular complexity index is 427. The van der Waals surface area contributed by atoms with Crippen molar-refractivity contribution in [3.63, 3.8) is 0 Å². The van der Waals surface area contributed by atoms with Crippen molar-refractivity contribution in [2.45, 2.75) is 19.4 Å². The molecule has 1 aromatic heterocycles. The van der Waals surface area contributed by atoms with Gasteiger partial charge in [0.25, 0.3) is 5.56 Å². The van der Waals surface area contributed by atoms with E-state index in [1.165, 1.54) is 6.33 Å². The average Bonchev–Trinajstić information content (AvgIpc) is 2.71. The molecule has 0 aromatic carbocycles. The molecule has 6 heteroatoms. The molecule has 2 unspecified atom stereocenters. The Morgan fingerprint density at radius 2 is 2.44 bits per heavy atom. The van der Waals surface area contributed by atoms with Crippen molar-refractivity contribution in [3.05, 3.63) is 16.7 Å². The van der Waals surface area contributed by atoms with Gasteiger partial charge in [-0.2, -0.15) is 0 Å². The molecule has 0 bridgehead atoms. The van der Waals surface area contributed by atoms with Gasteiger partial charge in [-0.05, 0) is 19.3 Å². The Morgan fingerprint density at radius 3 is 3.06 bits per heavy atom. The minimum absolute atomic E-state index is 0.160. The van der Waals surface area contributed by atoms with Crippen LogP contribution in [-0.4, -0.2) is 29.1 Å². The van der Waals surface area contributed by atoms with Gasteiger partial charge in [0, 0.05) is 19.1 Å². The first-order valence-corrected chi connectivity index (χ1v) is 5.43. The SMILES string of the molecule is CC(N)C1CCN(c2nc[nH]c(=O)c2N)C1. The number of H-pyrrole nitrogens is 1. The lowest BCUT2D eigenvalue weighted by atomic mass is 10.0. The quantitative estimate of drug-likeness (QED) is 0.629. The van der Waals surface area contributed by atoms with Crippen LogP contribution < -0.4 is 21.9 Å². The molecule has 0 radical (unpaired) electrons. The van der Waals surface area contributed by atoms with Crippen LogP contribution >= 0.6 is 0 Å². The number of aromatic amines is 1. The van der Waals surface area contributed by atoms with Gasteiger partial charge in [0.05, 0.1) is 6.33 Å². The predicted octanol–water partition coefficient (Wildman–Crippen LogP) is -0.474. The van der Waals surface area contributed by atoms with Gasteiger partial charge in [0.1, 0.15) is 5.69 Å². The van der Waals surface area contributed by atoms with Gasteiger partial charge in [-0.3, -0.25) is 4.79 Å². The Balaban J connectivity index is 2.21. The summed E-state index contributed by atoms with van der Waals surface area (Å²) < 4.78 is 0. The number of hydrogen-bond acceptors (Lipinski definition) is 5. The fourth-order valence-electron chi connectivity index (χ4n) is 2.06. The lowest BCUT2D eigenvalue weighted by Gasteiger charge is -2.19. The van der Waals surface area contributed by atoms with Gasteiger partial charge in [-0.1, -0.05) is 0 Å². The van der Waals surface area contributed by atoms with Crippen LogP contribution in [0.1, 0.15) is 13.3 Å². The molecule has 2 rings (SSSR count). The first kappa shape index (κ1) is 10.9. The maximum atomic E-state index is 11.3. The van der Waals surface area contributed by atoms with Crippen molar-refractivity contribution in [2.24, 2.45) is 11.7 Å². The van der Waals surface area contributed by atoms with Crippen molar-refractivity contribution in [1.82, 2.24) is 9.97 Å². The van der Waals surface area contributed by atoms with Crippen LogP contribution in [0.2, 0.25) is 0 Å². The van der Waals surface area contributed by atoms with E-state index < -0.39 is 0 Å². The fraction of sp³-hybridized carbons (Fsp3) is 0.600. The van der Waals surface area contributed by atoms with Crippen molar-refractivity contribution in [1.29, 1.82) is 0 Å². The van der Waals surface area contributed by atoms with Gasteiger partial charge < -0.3 is 21.4 Å².